The van der Waals surface area contributed by atoms with Crippen LogP contribution >= 0.6 is 0 Å². The van der Waals surface area contributed by atoms with Crippen LogP contribution in [0.1, 0.15) is 37.7 Å². The zero-order valence-electron chi connectivity index (χ0n) is 14.4. The van der Waals surface area contributed by atoms with Crippen molar-refractivity contribution in [2.24, 2.45) is 23.7 Å². The maximum absolute atomic E-state index is 13.3. The van der Waals surface area contributed by atoms with Crippen LogP contribution in [0.5, 0.6) is 5.75 Å². The summed E-state index contributed by atoms with van der Waals surface area (Å²) in [5, 5.41) is 9.53. The fourth-order valence-corrected chi connectivity index (χ4v) is 5.85. The summed E-state index contributed by atoms with van der Waals surface area (Å²) >= 11 is 0. The van der Waals surface area contributed by atoms with Crippen molar-refractivity contribution >= 4 is 0 Å². The van der Waals surface area contributed by atoms with Crippen molar-refractivity contribution in [2.75, 3.05) is 0 Å². The molecule has 4 fully saturated rings. The third-order valence-corrected chi connectivity index (χ3v) is 6.58. The van der Waals surface area contributed by atoms with Crippen LogP contribution in [-0.4, -0.2) is 23.6 Å². The van der Waals surface area contributed by atoms with Crippen molar-refractivity contribution in [2.45, 2.75) is 56.2 Å². The van der Waals surface area contributed by atoms with Gasteiger partial charge in [-0.15, -0.1) is 0 Å². The maximum Gasteiger partial charge on any atom is 0.423 e. The zero-order chi connectivity index (χ0) is 19.6. The van der Waals surface area contributed by atoms with Crippen LogP contribution < -0.4 is 0 Å². The number of hydrogen-bond donors (Lipinski definition) is 1. The van der Waals surface area contributed by atoms with E-state index in [2.05, 4.69) is 0 Å². The van der Waals surface area contributed by atoms with Crippen molar-refractivity contribution in [3.63, 3.8) is 0 Å². The quantitative estimate of drug-likeness (QED) is 0.681. The Hall–Kier alpha value is -1.44. The lowest BCUT2D eigenvalue weighted by atomic mass is 9.48. The molecule has 4 aliphatic rings. The van der Waals surface area contributed by atoms with Crippen LogP contribution in [0, 0.1) is 23.7 Å². The Morgan fingerprint density at radius 1 is 0.815 bits per heavy atom. The SMILES string of the molecule is Oc1ccc(C2(OC(C(F)(F)F)C(F)(F)F)C3CC4CC(C3)CC2C4)cc1. The van der Waals surface area contributed by atoms with Gasteiger partial charge in [-0.1, -0.05) is 12.1 Å². The van der Waals surface area contributed by atoms with Gasteiger partial charge in [-0.3, -0.25) is 0 Å². The summed E-state index contributed by atoms with van der Waals surface area (Å²) in [5.41, 5.74) is -1.33. The summed E-state index contributed by atoms with van der Waals surface area (Å²) in [6, 6.07) is 5.40. The molecule has 4 bridgehead atoms. The van der Waals surface area contributed by atoms with Crippen molar-refractivity contribution in [3.8, 4) is 5.75 Å². The van der Waals surface area contributed by atoms with Gasteiger partial charge in [-0.05, 0) is 73.5 Å². The highest BCUT2D eigenvalue weighted by atomic mass is 19.4. The van der Waals surface area contributed by atoms with Gasteiger partial charge in [0.1, 0.15) is 5.75 Å². The molecule has 27 heavy (non-hydrogen) atoms. The Balaban J connectivity index is 1.81. The molecule has 4 aliphatic carbocycles. The van der Waals surface area contributed by atoms with E-state index in [0.29, 0.717) is 43.1 Å². The molecule has 0 saturated heterocycles. The summed E-state index contributed by atoms with van der Waals surface area (Å²) < 4.78 is 84.9. The summed E-state index contributed by atoms with van der Waals surface area (Å²) in [5.74, 6) is -0.176. The molecule has 0 atom stereocenters. The van der Waals surface area contributed by atoms with Crippen LogP contribution in [0.3, 0.4) is 0 Å². The topological polar surface area (TPSA) is 29.5 Å². The lowest BCUT2D eigenvalue weighted by molar-refractivity contribution is -0.370. The Morgan fingerprint density at radius 2 is 1.26 bits per heavy atom. The first-order chi connectivity index (χ1) is 12.5. The molecule has 0 spiro atoms. The lowest BCUT2D eigenvalue weighted by Crippen LogP contribution is -2.61. The molecule has 0 radical (unpaired) electrons. The summed E-state index contributed by atoms with van der Waals surface area (Å²) in [6.07, 6.45) is -11.6. The van der Waals surface area contributed by atoms with E-state index in [9.17, 15) is 31.4 Å². The van der Waals surface area contributed by atoms with E-state index in [-0.39, 0.29) is 17.6 Å². The molecule has 0 aliphatic heterocycles. The van der Waals surface area contributed by atoms with Gasteiger partial charge in [0.15, 0.2) is 0 Å². The summed E-state index contributed by atoms with van der Waals surface area (Å²) in [6.45, 7) is 0. The minimum absolute atomic E-state index is 0.0964. The van der Waals surface area contributed by atoms with Crippen LogP contribution in [0.4, 0.5) is 26.3 Å². The van der Waals surface area contributed by atoms with E-state index in [0.717, 1.165) is 6.42 Å². The summed E-state index contributed by atoms with van der Waals surface area (Å²) in [7, 11) is 0. The minimum Gasteiger partial charge on any atom is -0.508 e. The Kier molecular flexibility index (Phi) is 4.22. The largest absolute Gasteiger partial charge is 0.508 e. The average molecular weight is 394 g/mol. The van der Waals surface area contributed by atoms with Gasteiger partial charge >= 0.3 is 12.4 Å². The third-order valence-electron chi connectivity index (χ3n) is 6.58. The molecule has 150 valence electrons. The number of ether oxygens (including phenoxy) is 1. The van der Waals surface area contributed by atoms with E-state index >= 15 is 0 Å². The van der Waals surface area contributed by atoms with Crippen LogP contribution in [-0.2, 0) is 10.3 Å². The molecular weight excluding hydrogens is 374 g/mol. The average Bonchev–Trinajstić information content (AvgIpc) is 2.53. The number of phenolic OH excluding ortho intramolecular Hbond substituents is 1. The van der Waals surface area contributed by atoms with Crippen LogP contribution in [0.15, 0.2) is 24.3 Å². The van der Waals surface area contributed by atoms with Gasteiger partial charge in [0.05, 0.1) is 5.60 Å². The molecule has 5 rings (SSSR count). The molecule has 4 saturated carbocycles. The van der Waals surface area contributed by atoms with Gasteiger partial charge in [0, 0.05) is 0 Å². The second-order valence-corrected chi connectivity index (χ2v) is 8.23. The number of alkyl halides is 6. The number of hydrogen-bond acceptors (Lipinski definition) is 2. The molecule has 2 nitrogen and oxygen atoms in total. The van der Waals surface area contributed by atoms with Gasteiger partial charge in [0.2, 0.25) is 6.10 Å². The number of benzene rings is 1. The second-order valence-electron chi connectivity index (χ2n) is 8.23. The molecule has 0 unspecified atom stereocenters. The van der Waals surface area contributed by atoms with Crippen LogP contribution in [0.2, 0.25) is 0 Å². The Bertz CT molecular complexity index is 652. The second kappa shape index (κ2) is 6.03. The molecule has 1 aromatic carbocycles. The fraction of sp³-hybridized carbons (Fsp3) is 0.684. The van der Waals surface area contributed by atoms with E-state index in [1.807, 2.05) is 0 Å². The van der Waals surface area contributed by atoms with Gasteiger partial charge in [-0.25, -0.2) is 0 Å². The smallest absolute Gasteiger partial charge is 0.423 e. The van der Waals surface area contributed by atoms with E-state index in [1.165, 1.54) is 24.3 Å². The van der Waals surface area contributed by atoms with Crippen molar-refractivity contribution in [1.82, 2.24) is 0 Å². The highest BCUT2D eigenvalue weighted by Crippen LogP contribution is 2.64. The van der Waals surface area contributed by atoms with Gasteiger partial charge < -0.3 is 9.84 Å². The molecule has 1 aromatic rings. The Labute approximate surface area is 152 Å². The highest BCUT2D eigenvalue weighted by molar-refractivity contribution is 5.33. The zero-order valence-corrected chi connectivity index (χ0v) is 14.4. The normalized spacial score (nSPS) is 35.8. The first-order valence-corrected chi connectivity index (χ1v) is 9.11. The third kappa shape index (κ3) is 3.09. The maximum atomic E-state index is 13.3. The van der Waals surface area contributed by atoms with Crippen LogP contribution in [0.25, 0.3) is 0 Å². The molecule has 8 heteroatoms. The number of halogens is 6. The predicted octanol–water partition coefficient (Wildman–Crippen LogP) is 5.55. The lowest BCUT2D eigenvalue weighted by Gasteiger charge is -2.61. The van der Waals surface area contributed by atoms with Crippen molar-refractivity contribution < 1.29 is 36.2 Å². The first kappa shape index (κ1) is 18.9. The monoisotopic (exact) mass is 394 g/mol. The fourth-order valence-electron chi connectivity index (χ4n) is 5.85. The molecule has 0 amide bonds. The van der Waals surface area contributed by atoms with E-state index in [4.69, 9.17) is 4.74 Å². The summed E-state index contributed by atoms with van der Waals surface area (Å²) in [4.78, 5) is 0. The number of phenols is 1. The van der Waals surface area contributed by atoms with E-state index < -0.39 is 24.1 Å². The molecule has 0 heterocycles. The first-order valence-electron chi connectivity index (χ1n) is 9.11. The van der Waals surface area contributed by atoms with Gasteiger partial charge in [0.25, 0.3) is 0 Å². The minimum atomic E-state index is -5.54. The molecule has 1 N–H and O–H groups in total. The molecular formula is C19H20F6O2. The number of rotatable bonds is 3. The van der Waals surface area contributed by atoms with Gasteiger partial charge in [-0.2, -0.15) is 26.3 Å². The molecule has 0 aromatic heterocycles. The van der Waals surface area contributed by atoms with Crippen molar-refractivity contribution in [3.05, 3.63) is 29.8 Å². The van der Waals surface area contributed by atoms with E-state index in [1.54, 1.807) is 0 Å². The number of aromatic hydroxyl groups is 1. The Morgan fingerprint density at radius 3 is 1.67 bits per heavy atom. The van der Waals surface area contributed by atoms with Crippen molar-refractivity contribution in [1.29, 1.82) is 0 Å². The highest BCUT2D eigenvalue weighted by Gasteiger charge is 2.66. The standard InChI is InChI=1S/C19H20F6O2/c20-18(21,22)16(19(23,24)25)27-17(12-1-3-15(26)4-2-12)13-6-10-5-11(8-13)9-14(17)7-10/h1-4,10-11,13-14,16,26H,5-9H2. The predicted molar refractivity (Wildman–Crippen MR) is 83.8 cm³/mol.